The first-order valence-corrected chi connectivity index (χ1v) is 9.06. The Hall–Kier alpha value is -2.47. The Morgan fingerprint density at radius 2 is 2.04 bits per heavy atom. The van der Waals surface area contributed by atoms with Gasteiger partial charge in [0, 0.05) is 35.9 Å². The lowest BCUT2D eigenvalue weighted by atomic mass is 10.1. The van der Waals surface area contributed by atoms with Crippen LogP contribution >= 0.6 is 11.6 Å². The van der Waals surface area contributed by atoms with E-state index < -0.39 is 0 Å². The van der Waals surface area contributed by atoms with Crippen LogP contribution in [-0.4, -0.2) is 36.9 Å². The summed E-state index contributed by atoms with van der Waals surface area (Å²) in [5, 5.41) is 4.88. The minimum atomic E-state index is 0.102. The Balaban J connectivity index is 1.72. The van der Waals surface area contributed by atoms with Crippen molar-refractivity contribution in [3.63, 3.8) is 0 Å². The normalized spacial score (nSPS) is 11.1. The van der Waals surface area contributed by atoms with E-state index >= 15 is 0 Å². The molecular weight excluding hydrogens is 350 g/mol. The van der Waals surface area contributed by atoms with Crippen molar-refractivity contribution in [2.45, 2.75) is 40.2 Å². The number of carbonyl (C=O) groups excluding carboxylic acids is 1. The van der Waals surface area contributed by atoms with E-state index in [1.807, 2.05) is 49.9 Å². The van der Waals surface area contributed by atoms with Crippen molar-refractivity contribution in [3.05, 3.63) is 58.1 Å². The standard InChI is InChI=1S/C19H22ClN5O/c1-4-24(11-15-7-5-6-8-17(15)20)18(26)10-9-16-13(2)23-19-21-12-22-25(19)14(16)3/h5-8,12H,4,9-11H2,1-3H3. The van der Waals surface area contributed by atoms with Crippen LogP contribution in [0.2, 0.25) is 5.02 Å². The van der Waals surface area contributed by atoms with Crippen molar-refractivity contribution in [1.82, 2.24) is 24.5 Å². The van der Waals surface area contributed by atoms with Gasteiger partial charge in [-0.15, -0.1) is 0 Å². The van der Waals surface area contributed by atoms with Crippen molar-refractivity contribution < 1.29 is 4.79 Å². The summed E-state index contributed by atoms with van der Waals surface area (Å²) in [6.45, 7) is 7.07. The Morgan fingerprint density at radius 3 is 2.77 bits per heavy atom. The second-order valence-corrected chi connectivity index (χ2v) is 6.64. The number of nitrogens with zero attached hydrogens (tertiary/aromatic N) is 5. The van der Waals surface area contributed by atoms with Crippen LogP contribution in [0.15, 0.2) is 30.6 Å². The van der Waals surface area contributed by atoms with E-state index in [1.54, 1.807) is 4.52 Å². The van der Waals surface area contributed by atoms with Gasteiger partial charge in [-0.05, 0) is 44.4 Å². The Kier molecular flexibility index (Phi) is 5.52. The highest BCUT2D eigenvalue weighted by Crippen LogP contribution is 2.19. The Labute approximate surface area is 157 Å². The number of amides is 1. The van der Waals surface area contributed by atoms with Gasteiger partial charge in [0.05, 0.1) is 0 Å². The summed E-state index contributed by atoms with van der Waals surface area (Å²) < 4.78 is 1.72. The minimum Gasteiger partial charge on any atom is -0.339 e. The van der Waals surface area contributed by atoms with Crippen LogP contribution in [-0.2, 0) is 17.8 Å². The number of fused-ring (bicyclic) bond motifs is 1. The molecule has 0 saturated carbocycles. The van der Waals surface area contributed by atoms with Crippen LogP contribution < -0.4 is 0 Å². The zero-order valence-corrected chi connectivity index (χ0v) is 16.0. The van der Waals surface area contributed by atoms with Gasteiger partial charge in [-0.3, -0.25) is 4.79 Å². The molecule has 3 aromatic rings. The number of aryl methyl sites for hydroxylation is 2. The summed E-state index contributed by atoms with van der Waals surface area (Å²) in [4.78, 5) is 23.1. The van der Waals surface area contributed by atoms with Crippen molar-refractivity contribution in [2.24, 2.45) is 0 Å². The molecule has 0 saturated heterocycles. The van der Waals surface area contributed by atoms with E-state index in [9.17, 15) is 4.79 Å². The molecule has 1 amide bonds. The first-order valence-electron chi connectivity index (χ1n) is 8.68. The van der Waals surface area contributed by atoms with Crippen molar-refractivity contribution in [3.8, 4) is 0 Å². The molecule has 136 valence electrons. The van der Waals surface area contributed by atoms with E-state index in [0.717, 1.165) is 22.5 Å². The number of carbonyl (C=O) groups is 1. The molecule has 6 nitrogen and oxygen atoms in total. The molecule has 0 bridgehead atoms. The fourth-order valence-corrected chi connectivity index (χ4v) is 3.31. The van der Waals surface area contributed by atoms with Gasteiger partial charge in [0.15, 0.2) is 0 Å². The first kappa shape index (κ1) is 18.3. The maximum Gasteiger partial charge on any atom is 0.252 e. The maximum absolute atomic E-state index is 12.7. The third-order valence-corrected chi connectivity index (χ3v) is 5.00. The van der Waals surface area contributed by atoms with Crippen molar-refractivity contribution in [1.29, 1.82) is 0 Å². The number of aromatic nitrogens is 4. The predicted octanol–water partition coefficient (Wildman–Crippen LogP) is 3.38. The van der Waals surface area contributed by atoms with Gasteiger partial charge in [0.1, 0.15) is 6.33 Å². The van der Waals surface area contributed by atoms with Crippen molar-refractivity contribution >= 4 is 23.3 Å². The molecule has 0 aliphatic heterocycles. The predicted molar refractivity (Wildman–Crippen MR) is 101 cm³/mol. The van der Waals surface area contributed by atoms with Gasteiger partial charge in [-0.2, -0.15) is 10.1 Å². The van der Waals surface area contributed by atoms with Gasteiger partial charge in [0.2, 0.25) is 5.91 Å². The van der Waals surface area contributed by atoms with Crippen LogP contribution in [0.5, 0.6) is 0 Å². The SMILES string of the molecule is CCN(Cc1ccccc1Cl)C(=O)CCc1c(C)nc2ncnn2c1C. The van der Waals surface area contributed by atoms with E-state index in [2.05, 4.69) is 15.1 Å². The quantitative estimate of drug-likeness (QED) is 0.666. The fourth-order valence-electron chi connectivity index (χ4n) is 3.12. The van der Waals surface area contributed by atoms with Crippen LogP contribution in [0.4, 0.5) is 0 Å². The molecule has 0 aliphatic carbocycles. The molecule has 0 aliphatic rings. The molecule has 0 spiro atoms. The number of hydrogen-bond acceptors (Lipinski definition) is 4. The van der Waals surface area contributed by atoms with E-state index in [1.165, 1.54) is 6.33 Å². The lowest BCUT2D eigenvalue weighted by molar-refractivity contribution is -0.131. The molecule has 0 fully saturated rings. The monoisotopic (exact) mass is 371 g/mol. The summed E-state index contributed by atoms with van der Waals surface area (Å²) in [5.41, 5.74) is 3.88. The van der Waals surface area contributed by atoms with E-state index in [0.29, 0.717) is 36.7 Å². The highest BCUT2D eigenvalue weighted by Gasteiger charge is 2.16. The Morgan fingerprint density at radius 1 is 1.27 bits per heavy atom. The first-order chi connectivity index (χ1) is 12.5. The molecule has 7 heteroatoms. The number of hydrogen-bond donors (Lipinski definition) is 0. The topological polar surface area (TPSA) is 63.4 Å². The fraction of sp³-hybridized carbons (Fsp3) is 0.368. The summed E-state index contributed by atoms with van der Waals surface area (Å²) in [6, 6.07) is 7.63. The molecule has 0 unspecified atom stereocenters. The van der Waals surface area contributed by atoms with Crippen molar-refractivity contribution in [2.75, 3.05) is 6.54 Å². The number of halogens is 1. The molecule has 26 heavy (non-hydrogen) atoms. The summed E-state index contributed by atoms with van der Waals surface area (Å²) in [5.74, 6) is 0.689. The lowest BCUT2D eigenvalue weighted by Gasteiger charge is -2.22. The molecule has 2 heterocycles. The summed E-state index contributed by atoms with van der Waals surface area (Å²) in [6.07, 6.45) is 2.53. The highest BCUT2D eigenvalue weighted by atomic mass is 35.5. The second kappa shape index (κ2) is 7.83. The summed E-state index contributed by atoms with van der Waals surface area (Å²) >= 11 is 6.23. The maximum atomic E-state index is 12.7. The Bertz CT molecular complexity index is 937. The largest absolute Gasteiger partial charge is 0.339 e. The third kappa shape index (κ3) is 3.70. The molecule has 3 rings (SSSR count). The smallest absolute Gasteiger partial charge is 0.252 e. The molecule has 2 aromatic heterocycles. The molecule has 0 atom stereocenters. The minimum absolute atomic E-state index is 0.102. The highest BCUT2D eigenvalue weighted by molar-refractivity contribution is 6.31. The van der Waals surface area contributed by atoms with E-state index in [4.69, 9.17) is 11.6 Å². The number of benzene rings is 1. The van der Waals surface area contributed by atoms with Gasteiger partial charge in [0.25, 0.3) is 5.78 Å². The van der Waals surface area contributed by atoms with Gasteiger partial charge in [-0.1, -0.05) is 29.8 Å². The van der Waals surface area contributed by atoms with Gasteiger partial charge >= 0.3 is 0 Å². The van der Waals surface area contributed by atoms with Gasteiger partial charge < -0.3 is 4.90 Å². The van der Waals surface area contributed by atoms with Crippen LogP contribution in [0.1, 0.15) is 35.9 Å². The second-order valence-electron chi connectivity index (χ2n) is 6.23. The zero-order chi connectivity index (χ0) is 18.7. The van der Waals surface area contributed by atoms with Gasteiger partial charge in [-0.25, -0.2) is 9.50 Å². The van der Waals surface area contributed by atoms with Crippen LogP contribution in [0.25, 0.3) is 5.78 Å². The molecule has 1 aromatic carbocycles. The molecule has 0 radical (unpaired) electrons. The van der Waals surface area contributed by atoms with Crippen LogP contribution in [0.3, 0.4) is 0 Å². The summed E-state index contributed by atoms with van der Waals surface area (Å²) in [7, 11) is 0. The van der Waals surface area contributed by atoms with Crippen LogP contribution in [0, 0.1) is 13.8 Å². The molecular formula is C19H22ClN5O. The van der Waals surface area contributed by atoms with E-state index in [-0.39, 0.29) is 5.91 Å². The number of rotatable bonds is 6. The molecule has 0 N–H and O–H groups in total. The lowest BCUT2D eigenvalue weighted by Crippen LogP contribution is -2.30. The third-order valence-electron chi connectivity index (χ3n) is 4.63. The average molecular weight is 372 g/mol. The average Bonchev–Trinajstić information content (AvgIpc) is 3.09. The zero-order valence-electron chi connectivity index (χ0n) is 15.2.